The zero-order valence-electron chi connectivity index (χ0n) is 18.9. The molecule has 2 N–H and O–H groups in total. The number of rotatable bonds is 5. The largest absolute Gasteiger partial charge is 0.435 e. The van der Waals surface area contributed by atoms with Crippen LogP contribution in [-0.2, 0) is 6.18 Å². The first-order valence-corrected chi connectivity index (χ1v) is 11.0. The van der Waals surface area contributed by atoms with Crippen molar-refractivity contribution >= 4 is 22.4 Å². The number of halogens is 6. The van der Waals surface area contributed by atoms with Crippen molar-refractivity contribution in [1.82, 2.24) is 15.2 Å². The topological polar surface area (TPSA) is 74.2 Å². The van der Waals surface area contributed by atoms with Gasteiger partial charge >= 0.3 is 6.18 Å². The van der Waals surface area contributed by atoms with Gasteiger partial charge in [0.2, 0.25) is 0 Å². The second-order valence-corrected chi connectivity index (χ2v) is 8.52. The number of aliphatic hydroxyl groups excluding tert-OH is 1. The van der Waals surface area contributed by atoms with Crippen LogP contribution >= 0.6 is 0 Å². The summed E-state index contributed by atoms with van der Waals surface area (Å²) < 4.78 is 82.7. The van der Waals surface area contributed by atoms with Gasteiger partial charge < -0.3 is 15.3 Å². The summed E-state index contributed by atoms with van der Waals surface area (Å²) in [6, 6.07) is 4.09. The van der Waals surface area contributed by atoms with Gasteiger partial charge in [0.15, 0.2) is 11.5 Å². The molecule has 0 spiro atoms. The maximum absolute atomic E-state index is 14.7. The van der Waals surface area contributed by atoms with Crippen LogP contribution in [0.25, 0.3) is 10.9 Å². The Morgan fingerprint density at radius 3 is 2.40 bits per heavy atom. The SMILES string of the molecule is Cc1nnc(N[C@H](C)c2cccc(C(F)F)c2F)c2cc(N3CCC(O)CC3)c(C(F)(F)F)nc12. The third-order valence-electron chi connectivity index (χ3n) is 6.09. The molecule has 1 aliphatic rings. The summed E-state index contributed by atoms with van der Waals surface area (Å²) in [6.07, 6.45) is -7.71. The first-order chi connectivity index (χ1) is 16.5. The Hall–Kier alpha value is -3.15. The van der Waals surface area contributed by atoms with Gasteiger partial charge in [-0.2, -0.15) is 18.3 Å². The molecule has 0 radical (unpaired) electrons. The summed E-state index contributed by atoms with van der Waals surface area (Å²) in [5.41, 5.74) is -1.91. The molecule has 1 atom stereocenters. The lowest BCUT2D eigenvalue weighted by atomic mass is 10.0. The van der Waals surface area contributed by atoms with Gasteiger partial charge in [0.25, 0.3) is 6.43 Å². The average molecular weight is 499 g/mol. The second kappa shape index (κ2) is 9.48. The van der Waals surface area contributed by atoms with Crippen LogP contribution in [0.5, 0.6) is 0 Å². The lowest BCUT2D eigenvalue weighted by molar-refractivity contribution is -0.140. The minimum Gasteiger partial charge on any atom is -0.393 e. The van der Waals surface area contributed by atoms with Crippen molar-refractivity contribution in [3.05, 3.63) is 52.6 Å². The second-order valence-electron chi connectivity index (χ2n) is 8.52. The third-order valence-corrected chi connectivity index (χ3v) is 6.09. The number of alkyl halides is 5. The third kappa shape index (κ3) is 4.97. The summed E-state index contributed by atoms with van der Waals surface area (Å²) >= 11 is 0. The number of aliphatic hydroxyl groups is 1. The van der Waals surface area contributed by atoms with Crippen LogP contribution < -0.4 is 10.2 Å². The highest BCUT2D eigenvalue weighted by Gasteiger charge is 2.38. The summed E-state index contributed by atoms with van der Waals surface area (Å²) in [4.78, 5) is 5.40. The fraction of sp³-hybridized carbons (Fsp3) is 0.435. The van der Waals surface area contributed by atoms with Gasteiger partial charge in [-0.1, -0.05) is 18.2 Å². The Morgan fingerprint density at radius 2 is 1.77 bits per heavy atom. The number of pyridine rings is 1. The highest BCUT2D eigenvalue weighted by Crippen LogP contribution is 2.40. The van der Waals surface area contributed by atoms with Crippen molar-refractivity contribution in [3.8, 4) is 0 Å². The van der Waals surface area contributed by atoms with Gasteiger partial charge in [0.1, 0.15) is 5.82 Å². The van der Waals surface area contributed by atoms with Crippen molar-refractivity contribution in [2.24, 2.45) is 0 Å². The molecule has 3 aromatic rings. The van der Waals surface area contributed by atoms with Gasteiger partial charge in [0.05, 0.1) is 34.6 Å². The number of benzene rings is 1. The van der Waals surface area contributed by atoms with Crippen LogP contribution in [0.4, 0.5) is 37.8 Å². The van der Waals surface area contributed by atoms with Crippen molar-refractivity contribution in [1.29, 1.82) is 0 Å². The van der Waals surface area contributed by atoms with Crippen molar-refractivity contribution in [2.45, 2.75) is 51.4 Å². The zero-order valence-corrected chi connectivity index (χ0v) is 18.9. The molecule has 0 saturated carbocycles. The van der Waals surface area contributed by atoms with Gasteiger partial charge in [-0.15, -0.1) is 5.10 Å². The first kappa shape index (κ1) is 25.0. The predicted molar refractivity (Wildman–Crippen MR) is 118 cm³/mol. The van der Waals surface area contributed by atoms with E-state index in [0.717, 1.165) is 6.07 Å². The van der Waals surface area contributed by atoms with E-state index in [-0.39, 0.29) is 46.8 Å². The van der Waals surface area contributed by atoms with Crippen LogP contribution in [0, 0.1) is 12.7 Å². The standard InChI is InChI=1S/C23H23F6N5O/c1-11(14-4-3-5-15(18(14)24)21(25)26)30-22-16-10-17(34-8-6-13(35)7-9-34)20(23(27,28)29)31-19(16)12(2)32-33-22/h3-5,10-11,13,21,35H,6-9H2,1-2H3,(H,30,33)/t11-/m1/s1. The number of hydrogen-bond acceptors (Lipinski definition) is 6. The van der Waals surface area contributed by atoms with Crippen molar-refractivity contribution in [3.63, 3.8) is 0 Å². The summed E-state index contributed by atoms with van der Waals surface area (Å²) in [6.45, 7) is 3.41. The van der Waals surface area contributed by atoms with Gasteiger partial charge in [-0.25, -0.2) is 18.2 Å². The molecule has 2 aromatic heterocycles. The molecule has 0 unspecified atom stereocenters. The Labute approximate surface area is 197 Å². The summed E-state index contributed by atoms with van der Waals surface area (Å²) in [5.74, 6) is -1.03. The molecule has 4 rings (SSSR count). The molecule has 6 nitrogen and oxygen atoms in total. The lowest BCUT2D eigenvalue weighted by Crippen LogP contribution is -2.37. The van der Waals surface area contributed by atoms with Crippen molar-refractivity contribution < 1.29 is 31.4 Å². The smallest absolute Gasteiger partial charge is 0.393 e. The molecule has 0 bridgehead atoms. The fourth-order valence-electron chi connectivity index (χ4n) is 4.20. The molecular weight excluding hydrogens is 476 g/mol. The number of aryl methyl sites for hydroxylation is 1. The van der Waals surface area contributed by atoms with E-state index in [1.165, 1.54) is 36.9 Å². The Kier molecular flexibility index (Phi) is 6.76. The number of aromatic nitrogens is 3. The number of fused-ring (bicyclic) bond motifs is 1. The predicted octanol–water partition coefficient (Wildman–Crippen LogP) is 5.56. The van der Waals surface area contributed by atoms with E-state index in [1.54, 1.807) is 0 Å². The Morgan fingerprint density at radius 1 is 1.11 bits per heavy atom. The number of anilines is 2. The minimum absolute atomic E-state index is 0.0374. The monoisotopic (exact) mass is 499 g/mol. The van der Waals surface area contributed by atoms with Gasteiger partial charge in [-0.3, -0.25) is 0 Å². The molecule has 35 heavy (non-hydrogen) atoms. The Balaban J connectivity index is 1.80. The van der Waals surface area contributed by atoms with Crippen LogP contribution in [-0.4, -0.2) is 39.5 Å². The molecular formula is C23H23F6N5O. The Bertz CT molecular complexity index is 1230. The highest BCUT2D eigenvalue weighted by atomic mass is 19.4. The van der Waals surface area contributed by atoms with Crippen LogP contribution in [0.3, 0.4) is 0 Å². The van der Waals surface area contributed by atoms with E-state index in [2.05, 4.69) is 20.5 Å². The normalized spacial score (nSPS) is 16.2. The van der Waals surface area contributed by atoms with Crippen molar-refractivity contribution in [2.75, 3.05) is 23.3 Å². The molecule has 3 heterocycles. The van der Waals surface area contributed by atoms with Crippen LogP contribution in [0.15, 0.2) is 24.3 Å². The first-order valence-electron chi connectivity index (χ1n) is 11.0. The van der Waals surface area contributed by atoms with Gasteiger partial charge in [-0.05, 0) is 32.8 Å². The molecule has 0 aliphatic carbocycles. The van der Waals surface area contributed by atoms with Crippen LogP contribution in [0.2, 0.25) is 0 Å². The average Bonchev–Trinajstić information content (AvgIpc) is 2.80. The summed E-state index contributed by atoms with van der Waals surface area (Å²) in [5, 5.41) is 20.8. The van der Waals surface area contributed by atoms with E-state index in [0.29, 0.717) is 12.8 Å². The zero-order chi connectivity index (χ0) is 25.5. The number of piperidine rings is 1. The molecule has 12 heteroatoms. The highest BCUT2D eigenvalue weighted by molar-refractivity contribution is 5.93. The van der Waals surface area contributed by atoms with E-state index >= 15 is 0 Å². The number of nitrogens with zero attached hydrogens (tertiary/aromatic N) is 4. The minimum atomic E-state index is -4.74. The van der Waals surface area contributed by atoms with Crippen LogP contribution in [0.1, 0.15) is 54.7 Å². The number of hydrogen-bond donors (Lipinski definition) is 2. The maximum Gasteiger partial charge on any atom is 0.435 e. The van der Waals surface area contributed by atoms with E-state index in [4.69, 9.17) is 0 Å². The molecule has 1 fully saturated rings. The maximum atomic E-state index is 14.7. The number of nitrogens with one attached hydrogen (secondary N) is 1. The van der Waals surface area contributed by atoms with E-state index in [9.17, 15) is 31.4 Å². The molecule has 0 amide bonds. The lowest BCUT2D eigenvalue weighted by Gasteiger charge is -2.33. The van der Waals surface area contributed by atoms with E-state index in [1.807, 2.05) is 0 Å². The van der Waals surface area contributed by atoms with Gasteiger partial charge in [0, 0.05) is 24.0 Å². The fourth-order valence-corrected chi connectivity index (χ4v) is 4.20. The molecule has 1 saturated heterocycles. The quantitative estimate of drug-likeness (QED) is 0.448. The molecule has 1 aliphatic heterocycles. The molecule has 188 valence electrons. The summed E-state index contributed by atoms with van der Waals surface area (Å²) in [7, 11) is 0. The van der Waals surface area contributed by atoms with E-state index < -0.39 is 41.8 Å². The molecule has 1 aromatic carbocycles.